The van der Waals surface area contributed by atoms with Gasteiger partial charge in [0.15, 0.2) is 0 Å². The number of nitrogens with two attached hydrogens (primary N) is 1. The molecule has 1 saturated heterocycles. The summed E-state index contributed by atoms with van der Waals surface area (Å²) in [6, 6.07) is 3.21. The van der Waals surface area contributed by atoms with E-state index in [9.17, 15) is 13.6 Å². The number of benzene rings is 1. The molecule has 1 heterocycles. The number of hydrogen-bond acceptors (Lipinski definition) is 2. The minimum absolute atomic E-state index is 0.0568. The predicted octanol–water partition coefficient (Wildman–Crippen LogP) is 2.16. The Morgan fingerprint density at radius 2 is 2.05 bits per heavy atom. The molecule has 1 aromatic rings. The first-order valence-electron chi connectivity index (χ1n) is 7.06. The van der Waals surface area contributed by atoms with Crippen molar-refractivity contribution in [2.24, 2.45) is 17.6 Å². The predicted molar refractivity (Wildman–Crippen MR) is 71.1 cm³/mol. The van der Waals surface area contributed by atoms with E-state index in [1.54, 1.807) is 4.90 Å². The molecule has 2 N–H and O–H groups in total. The molecule has 3 atom stereocenters. The molecule has 1 saturated carbocycles. The first kappa shape index (κ1) is 13.5. The fraction of sp³-hybridized carbons (Fsp3) is 0.533. The first-order chi connectivity index (χ1) is 9.56. The lowest BCUT2D eigenvalue weighted by atomic mass is 9.78. The van der Waals surface area contributed by atoms with Gasteiger partial charge in [-0.25, -0.2) is 8.78 Å². The quantitative estimate of drug-likeness (QED) is 0.857. The number of amides is 1. The molecule has 20 heavy (non-hydrogen) atoms. The van der Waals surface area contributed by atoms with Gasteiger partial charge in [-0.05, 0) is 36.8 Å². The Bertz CT molecular complexity index is 535. The first-order valence-corrected chi connectivity index (χ1v) is 7.06. The lowest BCUT2D eigenvalue weighted by Crippen LogP contribution is -2.38. The van der Waals surface area contributed by atoms with Crippen LogP contribution < -0.4 is 5.73 Å². The van der Waals surface area contributed by atoms with Crippen LogP contribution in [0, 0.1) is 23.5 Å². The van der Waals surface area contributed by atoms with Crippen LogP contribution >= 0.6 is 0 Å². The van der Waals surface area contributed by atoms with Gasteiger partial charge in [0, 0.05) is 25.2 Å². The molecule has 3 rings (SSSR count). The van der Waals surface area contributed by atoms with E-state index in [1.807, 2.05) is 0 Å². The number of carbonyl (C=O) groups excluding carboxylic acids is 1. The van der Waals surface area contributed by atoms with E-state index in [4.69, 9.17) is 5.73 Å². The van der Waals surface area contributed by atoms with Gasteiger partial charge < -0.3 is 10.6 Å². The summed E-state index contributed by atoms with van der Waals surface area (Å²) in [5.74, 6) is -1.09. The highest BCUT2D eigenvalue weighted by Crippen LogP contribution is 2.36. The van der Waals surface area contributed by atoms with Gasteiger partial charge in [0.05, 0.1) is 5.56 Å². The molecule has 3 unspecified atom stereocenters. The number of carbonyl (C=O) groups is 1. The molecule has 1 aliphatic carbocycles. The lowest BCUT2D eigenvalue weighted by molar-refractivity contribution is 0.0778. The number of likely N-dealkylation sites (tertiary alicyclic amines) is 1. The summed E-state index contributed by atoms with van der Waals surface area (Å²) in [7, 11) is 0. The van der Waals surface area contributed by atoms with Crippen LogP contribution in [0.1, 0.15) is 29.6 Å². The van der Waals surface area contributed by atoms with Crippen LogP contribution in [0.15, 0.2) is 18.2 Å². The highest BCUT2D eigenvalue weighted by Gasteiger charge is 2.40. The second kappa shape index (κ2) is 5.13. The molecular formula is C15H18F2N2O. The Morgan fingerprint density at radius 1 is 1.25 bits per heavy atom. The van der Waals surface area contributed by atoms with E-state index < -0.39 is 11.6 Å². The summed E-state index contributed by atoms with van der Waals surface area (Å²) >= 11 is 0. The Hall–Kier alpha value is -1.49. The van der Waals surface area contributed by atoms with E-state index in [2.05, 4.69) is 0 Å². The molecule has 0 radical (unpaired) electrons. The van der Waals surface area contributed by atoms with E-state index in [-0.39, 0.29) is 17.5 Å². The molecule has 0 aromatic heterocycles. The topological polar surface area (TPSA) is 46.3 Å². The Kier molecular flexibility index (Phi) is 3.46. The van der Waals surface area contributed by atoms with Crippen LogP contribution in [-0.2, 0) is 0 Å². The summed E-state index contributed by atoms with van der Waals surface area (Å²) in [4.78, 5) is 14.0. The molecule has 1 amide bonds. The van der Waals surface area contributed by atoms with Crippen LogP contribution in [-0.4, -0.2) is 29.9 Å². The molecule has 0 spiro atoms. The minimum Gasteiger partial charge on any atom is -0.338 e. The average Bonchev–Trinajstić information content (AvgIpc) is 2.83. The molecule has 2 aliphatic rings. The number of fused-ring (bicyclic) bond motifs is 1. The van der Waals surface area contributed by atoms with E-state index in [1.165, 1.54) is 6.07 Å². The van der Waals surface area contributed by atoms with Crippen molar-refractivity contribution in [1.82, 2.24) is 4.90 Å². The standard InChI is InChI=1S/C15H18F2N2O/c16-10-4-5-11(13(17)6-10)15(20)19-7-9-2-1-3-14(18)12(9)8-19/h4-6,9,12,14H,1-3,7-8,18H2. The fourth-order valence-corrected chi connectivity index (χ4v) is 3.52. The van der Waals surface area contributed by atoms with Crippen molar-refractivity contribution in [1.29, 1.82) is 0 Å². The van der Waals surface area contributed by atoms with Crippen LogP contribution in [0.3, 0.4) is 0 Å². The zero-order valence-corrected chi connectivity index (χ0v) is 11.2. The normalized spacial score (nSPS) is 29.4. The summed E-state index contributed by atoms with van der Waals surface area (Å²) in [6.07, 6.45) is 3.16. The van der Waals surface area contributed by atoms with E-state index in [0.29, 0.717) is 24.9 Å². The van der Waals surface area contributed by atoms with Gasteiger partial charge >= 0.3 is 0 Å². The molecule has 3 nitrogen and oxygen atoms in total. The van der Waals surface area contributed by atoms with Gasteiger partial charge in [-0.2, -0.15) is 0 Å². The number of halogens is 2. The molecule has 2 fully saturated rings. The monoisotopic (exact) mass is 280 g/mol. The van der Waals surface area contributed by atoms with E-state index in [0.717, 1.165) is 31.4 Å². The SMILES string of the molecule is NC1CCCC2CN(C(=O)c3ccc(F)cc3F)CC12. The van der Waals surface area contributed by atoms with Crippen LogP contribution in [0.25, 0.3) is 0 Å². The second-order valence-electron chi connectivity index (χ2n) is 5.85. The number of nitrogens with zero attached hydrogens (tertiary/aromatic N) is 1. The van der Waals surface area contributed by atoms with Crippen LogP contribution in [0.5, 0.6) is 0 Å². The zero-order chi connectivity index (χ0) is 14.3. The van der Waals surface area contributed by atoms with Crippen molar-refractivity contribution in [2.45, 2.75) is 25.3 Å². The summed E-state index contributed by atoms with van der Waals surface area (Å²) in [6.45, 7) is 1.22. The second-order valence-corrected chi connectivity index (χ2v) is 5.85. The van der Waals surface area contributed by atoms with Gasteiger partial charge in [0.1, 0.15) is 11.6 Å². The largest absolute Gasteiger partial charge is 0.338 e. The molecular weight excluding hydrogens is 262 g/mol. The van der Waals surface area contributed by atoms with Crippen molar-refractivity contribution in [3.05, 3.63) is 35.4 Å². The zero-order valence-electron chi connectivity index (χ0n) is 11.2. The maximum absolute atomic E-state index is 13.7. The van der Waals surface area contributed by atoms with Crippen LogP contribution in [0.4, 0.5) is 8.78 Å². The third-order valence-corrected chi connectivity index (χ3v) is 4.60. The fourth-order valence-electron chi connectivity index (χ4n) is 3.52. The molecule has 1 aromatic carbocycles. The van der Waals surface area contributed by atoms with Crippen LogP contribution in [0.2, 0.25) is 0 Å². The number of rotatable bonds is 1. The average molecular weight is 280 g/mol. The summed E-state index contributed by atoms with van der Waals surface area (Å²) < 4.78 is 26.6. The third-order valence-electron chi connectivity index (χ3n) is 4.60. The Labute approximate surface area is 116 Å². The molecule has 0 bridgehead atoms. The maximum atomic E-state index is 13.7. The van der Waals surface area contributed by atoms with Crippen molar-refractivity contribution in [2.75, 3.05) is 13.1 Å². The molecule has 108 valence electrons. The smallest absolute Gasteiger partial charge is 0.256 e. The van der Waals surface area contributed by atoms with Gasteiger partial charge in [-0.3, -0.25) is 4.79 Å². The number of hydrogen-bond donors (Lipinski definition) is 1. The van der Waals surface area contributed by atoms with E-state index >= 15 is 0 Å². The van der Waals surface area contributed by atoms with Gasteiger partial charge in [-0.15, -0.1) is 0 Å². The summed E-state index contributed by atoms with van der Waals surface area (Å²) in [5.41, 5.74) is 6.05. The minimum atomic E-state index is -0.797. The Morgan fingerprint density at radius 3 is 2.75 bits per heavy atom. The van der Waals surface area contributed by atoms with Gasteiger partial charge in [0.2, 0.25) is 0 Å². The highest BCUT2D eigenvalue weighted by atomic mass is 19.1. The highest BCUT2D eigenvalue weighted by molar-refractivity contribution is 5.94. The Balaban J connectivity index is 1.78. The molecule has 1 aliphatic heterocycles. The van der Waals surface area contributed by atoms with Crippen molar-refractivity contribution < 1.29 is 13.6 Å². The summed E-state index contributed by atoms with van der Waals surface area (Å²) in [5, 5.41) is 0. The van der Waals surface area contributed by atoms with Gasteiger partial charge in [0.25, 0.3) is 5.91 Å². The van der Waals surface area contributed by atoms with Gasteiger partial charge in [-0.1, -0.05) is 6.42 Å². The molecule has 5 heteroatoms. The van der Waals surface area contributed by atoms with Crippen molar-refractivity contribution in [3.8, 4) is 0 Å². The third kappa shape index (κ3) is 2.30. The van der Waals surface area contributed by atoms with Crippen molar-refractivity contribution in [3.63, 3.8) is 0 Å². The van der Waals surface area contributed by atoms with Crippen molar-refractivity contribution >= 4 is 5.91 Å². The lowest BCUT2D eigenvalue weighted by Gasteiger charge is -2.29. The maximum Gasteiger partial charge on any atom is 0.256 e.